The highest BCUT2D eigenvalue weighted by molar-refractivity contribution is 5.22. The Balaban J connectivity index is 1.34. The number of fused-ring (bicyclic) bond motifs is 3. The zero-order valence-electron chi connectivity index (χ0n) is 26.7. The van der Waals surface area contributed by atoms with Crippen molar-refractivity contribution < 1.29 is 35.4 Å². The number of aliphatic hydroxyl groups excluding tert-OH is 5. The summed E-state index contributed by atoms with van der Waals surface area (Å²) in [7, 11) is 0. The van der Waals surface area contributed by atoms with Crippen LogP contribution < -0.4 is 0 Å². The van der Waals surface area contributed by atoms with Gasteiger partial charge in [0.1, 0.15) is 5.60 Å². The molecule has 0 spiro atoms. The lowest BCUT2D eigenvalue weighted by Gasteiger charge is -2.70. The number of aliphatic hydroxyl groups is 6. The Morgan fingerprint density at radius 2 is 1.57 bits per heavy atom. The van der Waals surface area contributed by atoms with E-state index in [1.54, 1.807) is 6.92 Å². The van der Waals surface area contributed by atoms with Gasteiger partial charge in [-0.2, -0.15) is 0 Å². The van der Waals surface area contributed by atoms with E-state index in [0.29, 0.717) is 30.6 Å². The predicted octanol–water partition coefficient (Wildman–Crippen LogP) is 3.76. The quantitative estimate of drug-likeness (QED) is 0.293. The molecule has 0 amide bonds. The van der Waals surface area contributed by atoms with Gasteiger partial charge in [-0.15, -0.1) is 0 Å². The van der Waals surface area contributed by atoms with Gasteiger partial charge in [0.2, 0.25) is 0 Å². The molecule has 0 aromatic carbocycles. The summed E-state index contributed by atoms with van der Waals surface area (Å²) in [4.78, 5) is 0. The Hall–Kier alpha value is -0.280. The molecule has 0 aromatic rings. The van der Waals surface area contributed by atoms with Gasteiger partial charge < -0.3 is 35.4 Å². The van der Waals surface area contributed by atoms with Gasteiger partial charge in [-0.3, -0.25) is 0 Å². The van der Waals surface area contributed by atoms with Crippen molar-refractivity contribution in [2.24, 2.45) is 70.0 Å². The van der Waals surface area contributed by atoms with Gasteiger partial charge in [-0.25, -0.2) is 0 Å². The van der Waals surface area contributed by atoms with Crippen LogP contribution in [0.4, 0.5) is 0 Å². The molecular weight excluding hydrogens is 532 g/mol. The van der Waals surface area contributed by atoms with Gasteiger partial charge in [-0.05, 0) is 92.3 Å². The largest absolute Gasteiger partial charge is 0.393 e. The highest BCUT2D eigenvalue weighted by atomic mass is 16.5. The molecule has 0 bridgehead atoms. The smallest absolute Gasteiger partial charge is 0.122 e. The molecule has 0 radical (unpaired) electrons. The molecule has 16 unspecified atom stereocenters. The van der Waals surface area contributed by atoms with Crippen LogP contribution in [0.15, 0.2) is 0 Å². The fourth-order valence-electron chi connectivity index (χ4n) is 12.6. The van der Waals surface area contributed by atoms with Crippen molar-refractivity contribution in [3.05, 3.63) is 0 Å². The fraction of sp³-hybridized carbons (Fsp3) is 1.00. The molecule has 0 aromatic heterocycles. The molecule has 7 nitrogen and oxygen atoms in total. The Morgan fingerprint density at radius 3 is 2.19 bits per heavy atom. The van der Waals surface area contributed by atoms with Crippen molar-refractivity contribution in [2.75, 3.05) is 13.2 Å². The van der Waals surface area contributed by atoms with E-state index in [1.807, 2.05) is 13.8 Å². The third kappa shape index (κ3) is 4.77. The molecule has 6 N–H and O–H groups in total. The summed E-state index contributed by atoms with van der Waals surface area (Å²) >= 11 is 0. The lowest BCUT2D eigenvalue weighted by Crippen LogP contribution is -2.78. The summed E-state index contributed by atoms with van der Waals surface area (Å²) in [5.74, 6) is 0.794. The van der Waals surface area contributed by atoms with Crippen LogP contribution in [0.3, 0.4) is 0 Å². The van der Waals surface area contributed by atoms with E-state index < -0.39 is 58.8 Å². The van der Waals surface area contributed by atoms with E-state index in [9.17, 15) is 30.6 Å². The molecule has 42 heavy (non-hydrogen) atoms. The van der Waals surface area contributed by atoms with Crippen LogP contribution in [0.2, 0.25) is 0 Å². The molecule has 6 aliphatic rings. The van der Waals surface area contributed by atoms with Crippen LogP contribution in [0.25, 0.3) is 0 Å². The Kier molecular flexibility index (Phi) is 8.45. The highest BCUT2D eigenvalue weighted by Gasteiger charge is 2.73. The van der Waals surface area contributed by atoms with Gasteiger partial charge in [-0.1, -0.05) is 53.4 Å². The summed E-state index contributed by atoms with van der Waals surface area (Å²) in [5, 5.41) is 71.2. The van der Waals surface area contributed by atoms with Crippen LogP contribution in [-0.2, 0) is 4.74 Å². The number of hydrogen-bond acceptors (Lipinski definition) is 7. The maximum absolute atomic E-state index is 12.4. The average Bonchev–Trinajstić information content (AvgIpc) is 3.43. The van der Waals surface area contributed by atoms with Crippen LogP contribution in [-0.4, -0.2) is 80.0 Å². The Bertz CT molecular complexity index is 961. The molecular formula is C35H60O7. The van der Waals surface area contributed by atoms with E-state index in [4.69, 9.17) is 4.74 Å². The minimum Gasteiger partial charge on any atom is -0.393 e. The van der Waals surface area contributed by atoms with Crippen LogP contribution in [0.1, 0.15) is 98.8 Å². The van der Waals surface area contributed by atoms with E-state index in [-0.39, 0.29) is 23.7 Å². The van der Waals surface area contributed by atoms with Gasteiger partial charge in [0, 0.05) is 36.4 Å². The van der Waals surface area contributed by atoms with Crippen molar-refractivity contribution in [1.29, 1.82) is 0 Å². The predicted molar refractivity (Wildman–Crippen MR) is 160 cm³/mol. The lowest BCUT2D eigenvalue weighted by molar-refractivity contribution is -0.334. The van der Waals surface area contributed by atoms with Crippen molar-refractivity contribution in [3.8, 4) is 0 Å². The first-order chi connectivity index (χ1) is 19.7. The van der Waals surface area contributed by atoms with Gasteiger partial charge in [0.25, 0.3) is 0 Å². The number of ether oxygens (including phenoxy) is 1. The molecule has 242 valence electrons. The monoisotopic (exact) mass is 592 g/mol. The number of hydrogen-bond donors (Lipinski definition) is 6. The third-order valence-electron chi connectivity index (χ3n) is 14.5. The van der Waals surface area contributed by atoms with E-state index in [0.717, 1.165) is 44.8 Å². The minimum atomic E-state index is -1.85. The van der Waals surface area contributed by atoms with Crippen molar-refractivity contribution in [1.82, 2.24) is 0 Å². The van der Waals surface area contributed by atoms with E-state index in [2.05, 4.69) is 13.8 Å². The summed E-state index contributed by atoms with van der Waals surface area (Å²) in [6.07, 6.45) is 4.75. The zero-order valence-corrected chi connectivity index (χ0v) is 26.7. The van der Waals surface area contributed by atoms with Gasteiger partial charge in [0.15, 0.2) is 0 Å². The first-order valence-corrected chi connectivity index (χ1v) is 17.4. The van der Waals surface area contributed by atoms with Crippen LogP contribution in [0, 0.1) is 70.0 Å². The molecule has 1 heterocycles. The van der Waals surface area contributed by atoms with Crippen LogP contribution in [0.5, 0.6) is 0 Å². The highest BCUT2D eigenvalue weighted by Crippen LogP contribution is 2.68. The second-order valence-electron chi connectivity index (χ2n) is 17.2. The molecule has 5 saturated carbocycles. The second kappa shape index (κ2) is 11.2. The SMILES string of the molecule is CC1CCC(CC2CC(C3CCOC3)C3CC4(C)CC5(C)CC(C)C(C(C)O)C(O)C5(O)C(O)C4C(O)C3C2O)CC1. The summed E-state index contributed by atoms with van der Waals surface area (Å²) in [5.41, 5.74) is -3.08. The second-order valence-corrected chi connectivity index (χ2v) is 17.2. The molecule has 7 heteroatoms. The summed E-state index contributed by atoms with van der Waals surface area (Å²) in [6, 6.07) is 0. The molecule has 1 aliphatic heterocycles. The standard InChI is InChI=1S/C35H60O7/c1-18-6-8-21(9-7-18)12-23-13-24(22-10-11-42-16-22)25-15-33(4)17-34(5)14-19(2)26(20(3)36)31(39)35(34,41)32(40)28(33)30(38)27(25)29(23)37/h18-32,36-41H,6-17H2,1-5H3. The van der Waals surface area contributed by atoms with Crippen molar-refractivity contribution in [3.63, 3.8) is 0 Å². The van der Waals surface area contributed by atoms with E-state index >= 15 is 0 Å². The number of rotatable bonds is 4. The summed E-state index contributed by atoms with van der Waals surface area (Å²) in [6.45, 7) is 11.7. The zero-order chi connectivity index (χ0) is 30.4. The Morgan fingerprint density at radius 1 is 0.881 bits per heavy atom. The third-order valence-corrected chi connectivity index (χ3v) is 14.5. The maximum Gasteiger partial charge on any atom is 0.122 e. The normalized spacial score (nSPS) is 58.9. The van der Waals surface area contributed by atoms with E-state index in [1.165, 1.54) is 25.7 Å². The fourth-order valence-corrected chi connectivity index (χ4v) is 12.6. The molecule has 16 atom stereocenters. The van der Waals surface area contributed by atoms with Crippen molar-refractivity contribution >= 4 is 0 Å². The Labute approximate surface area is 253 Å². The van der Waals surface area contributed by atoms with Crippen molar-refractivity contribution in [2.45, 2.75) is 135 Å². The lowest BCUT2D eigenvalue weighted by atomic mass is 9.38. The summed E-state index contributed by atoms with van der Waals surface area (Å²) < 4.78 is 5.90. The minimum absolute atomic E-state index is 0.0256. The van der Waals surface area contributed by atoms with Gasteiger partial charge in [0.05, 0.1) is 30.5 Å². The van der Waals surface area contributed by atoms with Crippen LogP contribution >= 0.6 is 0 Å². The molecule has 1 saturated heterocycles. The maximum atomic E-state index is 12.4. The first-order valence-electron chi connectivity index (χ1n) is 17.4. The molecule has 5 aliphatic carbocycles. The average molecular weight is 593 g/mol. The molecule has 6 fully saturated rings. The first kappa shape index (κ1) is 31.7. The topological polar surface area (TPSA) is 131 Å². The molecule has 6 rings (SSSR count). The van der Waals surface area contributed by atoms with Gasteiger partial charge >= 0.3 is 0 Å².